The lowest BCUT2D eigenvalue weighted by Gasteiger charge is -2.19. The molecule has 2 amide bonds. The standard InChI is InChI=1S/C21H20N2O5/c1-11-6-5-7-15(12(11)2)23-20(24)17-18(22-28-19(17)21(23)25)14-10-13(26-3)8-9-16(14)27-4/h5-10,19,22H,1-4H3/t19-/m0/s1. The fraction of sp³-hybridized carbons (Fsp3) is 0.238. The number of carbonyl (C=O) groups excluding carboxylic acids is 2. The molecule has 0 saturated carbocycles. The molecule has 1 fully saturated rings. The molecule has 2 aromatic carbocycles. The number of anilines is 1. The van der Waals surface area contributed by atoms with Gasteiger partial charge in [-0.1, -0.05) is 12.1 Å². The van der Waals surface area contributed by atoms with E-state index >= 15 is 0 Å². The Kier molecular flexibility index (Phi) is 4.31. The lowest BCUT2D eigenvalue weighted by Crippen LogP contribution is -2.35. The number of amides is 2. The van der Waals surface area contributed by atoms with Crippen LogP contribution in [0.15, 0.2) is 42.0 Å². The first-order chi connectivity index (χ1) is 13.5. The minimum atomic E-state index is -1.00. The Morgan fingerprint density at radius 3 is 2.57 bits per heavy atom. The van der Waals surface area contributed by atoms with Gasteiger partial charge < -0.3 is 9.47 Å². The van der Waals surface area contributed by atoms with Gasteiger partial charge in [0.25, 0.3) is 11.8 Å². The first-order valence-electron chi connectivity index (χ1n) is 8.80. The second kappa shape index (κ2) is 6.69. The molecule has 4 rings (SSSR count). The molecule has 1 atom stereocenters. The molecular weight excluding hydrogens is 360 g/mol. The molecule has 2 aliphatic heterocycles. The monoisotopic (exact) mass is 380 g/mol. The first-order valence-corrected chi connectivity index (χ1v) is 8.80. The summed E-state index contributed by atoms with van der Waals surface area (Å²) in [6, 6.07) is 10.8. The molecule has 7 heteroatoms. The van der Waals surface area contributed by atoms with Crippen LogP contribution in [0.4, 0.5) is 5.69 Å². The average molecular weight is 380 g/mol. The fourth-order valence-electron chi connectivity index (χ4n) is 3.51. The highest BCUT2D eigenvalue weighted by molar-refractivity contribution is 6.33. The Hall–Kier alpha value is -3.32. The summed E-state index contributed by atoms with van der Waals surface area (Å²) in [4.78, 5) is 32.9. The molecule has 1 N–H and O–H groups in total. The van der Waals surface area contributed by atoms with Crippen molar-refractivity contribution in [1.82, 2.24) is 5.48 Å². The third-order valence-electron chi connectivity index (χ3n) is 5.18. The molecule has 0 unspecified atom stereocenters. The zero-order chi connectivity index (χ0) is 20.0. The third-order valence-corrected chi connectivity index (χ3v) is 5.18. The summed E-state index contributed by atoms with van der Waals surface area (Å²) in [5, 5.41) is 0. The SMILES string of the molecule is COc1ccc(OC)c(C2=C3C(=O)N(c4cccc(C)c4C)C(=O)[C@H]3ON2)c1. The van der Waals surface area contributed by atoms with Gasteiger partial charge in [0.1, 0.15) is 11.5 Å². The molecular formula is C21H20N2O5. The second-order valence-corrected chi connectivity index (χ2v) is 6.65. The van der Waals surface area contributed by atoms with Crippen LogP contribution in [-0.4, -0.2) is 32.1 Å². The molecule has 1 saturated heterocycles. The Morgan fingerprint density at radius 1 is 1.07 bits per heavy atom. The summed E-state index contributed by atoms with van der Waals surface area (Å²) in [5.74, 6) is 0.300. The number of benzene rings is 2. The highest BCUT2D eigenvalue weighted by Crippen LogP contribution is 2.40. The fourth-order valence-corrected chi connectivity index (χ4v) is 3.51. The molecule has 144 valence electrons. The van der Waals surface area contributed by atoms with Crippen molar-refractivity contribution in [2.24, 2.45) is 0 Å². The Labute approximate surface area is 162 Å². The van der Waals surface area contributed by atoms with Gasteiger partial charge in [0.05, 0.1) is 31.2 Å². The summed E-state index contributed by atoms with van der Waals surface area (Å²) < 4.78 is 10.7. The van der Waals surface area contributed by atoms with E-state index in [4.69, 9.17) is 14.3 Å². The third kappa shape index (κ3) is 2.55. The largest absolute Gasteiger partial charge is 0.497 e. The van der Waals surface area contributed by atoms with Crippen LogP contribution in [0.5, 0.6) is 11.5 Å². The Balaban J connectivity index is 1.86. The van der Waals surface area contributed by atoms with Crippen LogP contribution in [0.3, 0.4) is 0 Å². The van der Waals surface area contributed by atoms with Gasteiger partial charge in [-0.25, -0.2) is 4.90 Å². The smallest absolute Gasteiger partial charge is 0.270 e. The maximum absolute atomic E-state index is 13.3. The van der Waals surface area contributed by atoms with Crippen LogP contribution < -0.4 is 19.9 Å². The van der Waals surface area contributed by atoms with Crippen LogP contribution in [-0.2, 0) is 14.4 Å². The van der Waals surface area contributed by atoms with Crippen LogP contribution >= 0.6 is 0 Å². The number of fused-ring (bicyclic) bond motifs is 1. The van der Waals surface area contributed by atoms with Crippen molar-refractivity contribution < 1.29 is 23.9 Å². The van der Waals surface area contributed by atoms with Gasteiger partial charge in [-0.15, -0.1) is 0 Å². The Morgan fingerprint density at radius 2 is 1.86 bits per heavy atom. The summed E-state index contributed by atoms with van der Waals surface area (Å²) in [5.41, 5.74) is 6.43. The van der Waals surface area contributed by atoms with Gasteiger partial charge in [0, 0.05) is 5.56 Å². The molecule has 0 radical (unpaired) electrons. The predicted molar refractivity (Wildman–Crippen MR) is 103 cm³/mol. The van der Waals surface area contributed by atoms with Crippen LogP contribution in [0.1, 0.15) is 16.7 Å². The summed E-state index contributed by atoms with van der Waals surface area (Å²) in [6.45, 7) is 3.83. The number of rotatable bonds is 4. The normalized spacial score (nSPS) is 18.4. The van der Waals surface area contributed by atoms with E-state index < -0.39 is 17.9 Å². The number of hydrogen-bond acceptors (Lipinski definition) is 6. The van der Waals surface area contributed by atoms with E-state index in [-0.39, 0.29) is 5.57 Å². The molecule has 0 aromatic heterocycles. The van der Waals surface area contributed by atoms with E-state index in [2.05, 4.69) is 5.48 Å². The zero-order valence-electron chi connectivity index (χ0n) is 16.0. The van der Waals surface area contributed by atoms with Crippen LogP contribution in [0, 0.1) is 13.8 Å². The quantitative estimate of drug-likeness (QED) is 0.822. The number of ether oxygens (including phenoxy) is 2. The van der Waals surface area contributed by atoms with Gasteiger partial charge >= 0.3 is 0 Å². The topological polar surface area (TPSA) is 77.1 Å². The number of carbonyl (C=O) groups is 2. The summed E-state index contributed by atoms with van der Waals surface area (Å²) in [7, 11) is 3.09. The number of methoxy groups -OCH3 is 2. The highest BCUT2D eigenvalue weighted by Gasteiger charge is 2.51. The van der Waals surface area contributed by atoms with Gasteiger partial charge in [-0.3, -0.25) is 19.9 Å². The number of aryl methyl sites for hydroxylation is 1. The van der Waals surface area contributed by atoms with E-state index in [1.807, 2.05) is 26.0 Å². The van der Waals surface area contributed by atoms with E-state index in [0.717, 1.165) is 11.1 Å². The minimum Gasteiger partial charge on any atom is -0.497 e. The predicted octanol–water partition coefficient (Wildman–Crippen LogP) is 2.51. The van der Waals surface area contributed by atoms with Crippen LogP contribution in [0.2, 0.25) is 0 Å². The molecule has 2 heterocycles. The maximum Gasteiger partial charge on any atom is 0.270 e. The average Bonchev–Trinajstić information content (AvgIpc) is 3.24. The lowest BCUT2D eigenvalue weighted by atomic mass is 10.0. The van der Waals surface area contributed by atoms with Gasteiger partial charge in [0.15, 0.2) is 6.10 Å². The van der Waals surface area contributed by atoms with Crippen molar-refractivity contribution in [3.63, 3.8) is 0 Å². The number of hydroxylamine groups is 1. The zero-order valence-corrected chi connectivity index (χ0v) is 16.0. The van der Waals surface area contributed by atoms with E-state index in [9.17, 15) is 9.59 Å². The molecule has 7 nitrogen and oxygen atoms in total. The van der Waals surface area contributed by atoms with Crippen LogP contribution in [0.25, 0.3) is 5.70 Å². The van der Waals surface area contributed by atoms with E-state index in [0.29, 0.717) is 28.4 Å². The molecule has 0 spiro atoms. The summed E-state index contributed by atoms with van der Waals surface area (Å²) in [6.07, 6.45) is -1.00. The van der Waals surface area contributed by atoms with E-state index in [1.165, 1.54) is 12.0 Å². The van der Waals surface area contributed by atoms with E-state index in [1.54, 1.807) is 31.4 Å². The van der Waals surface area contributed by atoms with Crippen molar-refractivity contribution >= 4 is 23.2 Å². The van der Waals surface area contributed by atoms with Gasteiger partial charge in [-0.05, 0) is 49.2 Å². The van der Waals surface area contributed by atoms with Crippen molar-refractivity contribution in [3.8, 4) is 11.5 Å². The van der Waals surface area contributed by atoms with Crippen molar-refractivity contribution in [2.75, 3.05) is 19.1 Å². The number of hydrogen-bond donors (Lipinski definition) is 1. The lowest BCUT2D eigenvalue weighted by molar-refractivity contribution is -0.127. The molecule has 28 heavy (non-hydrogen) atoms. The van der Waals surface area contributed by atoms with Gasteiger partial charge in [0.2, 0.25) is 0 Å². The maximum atomic E-state index is 13.3. The van der Waals surface area contributed by atoms with Crippen molar-refractivity contribution in [2.45, 2.75) is 20.0 Å². The molecule has 2 aliphatic rings. The minimum absolute atomic E-state index is 0.262. The Bertz CT molecular complexity index is 1030. The number of nitrogens with zero attached hydrogens (tertiary/aromatic N) is 1. The second-order valence-electron chi connectivity index (χ2n) is 6.65. The van der Waals surface area contributed by atoms with Crippen molar-refractivity contribution in [1.29, 1.82) is 0 Å². The van der Waals surface area contributed by atoms with Crippen molar-refractivity contribution in [3.05, 3.63) is 58.7 Å². The number of nitrogens with one attached hydrogen (secondary N) is 1. The summed E-state index contributed by atoms with van der Waals surface area (Å²) >= 11 is 0. The van der Waals surface area contributed by atoms with Gasteiger partial charge in [-0.2, -0.15) is 0 Å². The highest BCUT2D eigenvalue weighted by atomic mass is 16.7. The molecule has 2 aromatic rings. The molecule has 0 aliphatic carbocycles. The first kappa shape index (κ1) is 18.1. The molecule has 0 bridgehead atoms. The number of imide groups is 1.